The highest BCUT2D eigenvalue weighted by molar-refractivity contribution is 8.68. The molecule has 17 heteroatoms. The summed E-state index contributed by atoms with van der Waals surface area (Å²) in [5.41, 5.74) is -8.41. The maximum Gasteiger partial charge on any atom is 0.304 e. The first-order valence-electron chi connectivity index (χ1n) is 17.9. The van der Waals surface area contributed by atoms with E-state index in [0.29, 0.717) is 35.2 Å². The van der Waals surface area contributed by atoms with E-state index in [1.807, 2.05) is 13.8 Å². The van der Waals surface area contributed by atoms with Crippen LogP contribution >= 0.6 is 51.2 Å². The lowest BCUT2D eigenvalue weighted by atomic mass is 10.1. The highest BCUT2D eigenvalue weighted by Gasteiger charge is 2.33. The maximum atomic E-state index is 11.4. The molecule has 0 aliphatic carbocycles. The van der Waals surface area contributed by atoms with Crippen molar-refractivity contribution in [2.75, 3.05) is 17.3 Å². The number of carboxylic acid groups (broad SMARTS) is 1. The van der Waals surface area contributed by atoms with Crippen molar-refractivity contribution >= 4 is 92.6 Å². The first-order valence-corrected chi connectivity index (χ1v) is 30.6. The fraction of sp³-hybridized carbons (Fsp3) is 0.970. The molecule has 0 heterocycles. The molecule has 0 bridgehead atoms. The molecule has 0 aliphatic heterocycles. The standard InChI is InChI=1S/C33H69O8P3S6/c1-23(2)17-27(9)36-43(46,37-28(10)18-24(3)4)49-21-31(13)40-42(45,48-16-15-33(34)35)41-32(14)22-50-44(47,38-29(11)19-25(5)6)39-30(12)20-26(7)8/h23-32H,15-22H2,1-14H3,(H,34,35). The van der Waals surface area contributed by atoms with Crippen LogP contribution in [0.4, 0.5) is 0 Å². The summed E-state index contributed by atoms with van der Waals surface area (Å²) in [7, 11) is 0. The normalized spacial score (nSPS) is 19.9. The lowest BCUT2D eigenvalue weighted by Crippen LogP contribution is -2.18. The second-order valence-electron chi connectivity index (χ2n) is 14.9. The summed E-state index contributed by atoms with van der Waals surface area (Å²) >= 11 is 22.5. The van der Waals surface area contributed by atoms with Gasteiger partial charge in [-0.15, -0.1) is 0 Å². The Balaban J connectivity index is 5.88. The van der Waals surface area contributed by atoms with Gasteiger partial charge in [-0.2, -0.15) is 0 Å². The molecule has 6 unspecified atom stereocenters. The van der Waals surface area contributed by atoms with Crippen molar-refractivity contribution < 1.29 is 37.0 Å². The average Bonchev–Trinajstić information content (AvgIpc) is 2.88. The molecule has 8 nitrogen and oxygen atoms in total. The molecule has 0 fully saturated rings. The second-order valence-corrected chi connectivity index (χ2v) is 33.8. The molecule has 0 aromatic rings. The van der Waals surface area contributed by atoms with E-state index in [4.69, 9.17) is 62.6 Å². The molecule has 0 rings (SSSR count). The Hall–Kier alpha value is 2.23. The first kappa shape index (κ1) is 52.2. The maximum absolute atomic E-state index is 11.4. The Morgan fingerprint density at radius 3 is 0.960 bits per heavy atom. The molecule has 0 aromatic carbocycles. The van der Waals surface area contributed by atoms with Gasteiger partial charge in [-0.3, -0.25) is 4.79 Å². The highest BCUT2D eigenvalue weighted by atomic mass is 32.9. The topological polar surface area (TPSA) is 92.7 Å². The quantitative estimate of drug-likeness (QED) is 0.0694. The van der Waals surface area contributed by atoms with Gasteiger partial charge in [-0.25, -0.2) is 0 Å². The third kappa shape index (κ3) is 26.9. The first-order chi connectivity index (χ1) is 22.9. The van der Waals surface area contributed by atoms with Crippen molar-refractivity contribution in [3.63, 3.8) is 0 Å². The van der Waals surface area contributed by atoms with Crippen molar-refractivity contribution in [2.24, 2.45) is 23.7 Å². The smallest absolute Gasteiger partial charge is 0.304 e. The molecule has 1 N–H and O–H groups in total. The van der Waals surface area contributed by atoms with Crippen LogP contribution in [0.15, 0.2) is 0 Å². The summed E-state index contributed by atoms with van der Waals surface area (Å²) in [4.78, 5) is 11.4. The fourth-order valence-electron chi connectivity index (χ4n) is 5.11. The van der Waals surface area contributed by atoms with E-state index in [1.54, 1.807) is 0 Å². The van der Waals surface area contributed by atoms with Gasteiger partial charge in [-0.1, -0.05) is 89.5 Å². The molecule has 0 radical (unpaired) electrons. The van der Waals surface area contributed by atoms with E-state index in [9.17, 15) is 9.90 Å². The molecular formula is C33H69O8P3S6. The molecule has 0 spiro atoms. The van der Waals surface area contributed by atoms with E-state index in [0.717, 1.165) is 25.7 Å². The van der Waals surface area contributed by atoms with Crippen LogP contribution in [0.1, 0.15) is 129 Å². The van der Waals surface area contributed by atoms with Gasteiger partial charge in [0.05, 0.1) is 43.0 Å². The predicted molar refractivity (Wildman–Crippen MR) is 234 cm³/mol. The highest BCUT2D eigenvalue weighted by Crippen LogP contribution is 2.67. The zero-order valence-electron chi connectivity index (χ0n) is 33.0. The molecule has 0 aromatic heterocycles. The summed E-state index contributed by atoms with van der Waals surface area (Å²) in [6.45, 7) is 29.4. The van der Waals surface area contributed by atoms with Crippen molar-refractivity contribution in [1.29, 1.82) is 0 Å². The zero-order valence-corrected chi connectivity index (χ0v) is 40.6. The van der Waals surface area contributed by atoms with Crippen LogP contribution in [-0.4, -0.2) is 65.0 Å². The Morgan fingerprint density at radius 2 is 0.720 bits per heavy atom. The minimum atomic E-state index is -2.98. The summed E-state index contributed by atoms with van der Waals surface area (Å²) in [6.07, 6.45) is 2.65. The van der Waals surface area contributed by atoms with Crippen LogP contribution in [0.2, 0.25) is 0 Å². The van der Waals surface area contributed by atoms with Crippen LogP contribution in [0.3, 0.4) is 0 Å². The Labute approximate surface area is 334 Å². The third-order valence-electron chi connectivity index (χ3n) is 6.57. The Kier molecular flexibility index (Phi) is 27.4. The van der Waals surface area contributed by atoms with E-state index < -0.39 is 23.0 Å². The number of rotatable bonds is 30. The molecule has 0 amide bonds. The van der Waals surface area contributed by atoms with Crippen LogP contribution in [0, 0.1) is 23.7 Å². The Morgan fingerprint density at radius 1 is 0.480 bits per heavy atom. The summed E-state index contributed by atoms with van der Waals surface area (Å²) in [6, 6.07) is 0. The van der Waals surface area contributed by atoms with Gasteiger partial charge in [0.1, 0.15) is 0 Å². The van der Waals surface area contributed by atoms with Gasteiger partial charge in [0.25, 0.3) is 0 Å². The number of aliphatic carboxylic acids is 1. The fourth-order valence-corrected chi connectivity index (χ4v) is 21.8. The van der Waals surface area contributed by atoms with Gasteiger partial charge in [0.15, 0.2) is 0 Å². The summed E-state index contributed by atoms with van der Waals surface area (Å²) in [5, 5.41) is 9.33. The van der Waals surface area contributed by atoms with Crippen molar-refractivity contribution in [2.45, 2.75) is 166 Å². The molecule has 50 heavy (non-hydrogen) atoms. The predicted octanol–water partition coefficient (Wildman–Crippen LogP) is 12.9. The number of carboxylic acids is 1. The molecule has 300 valence electrons. The molecule has 6 atom stereocenters. The lowest BCUT2D eigenvalue weighted by molar-refractivity contribution is -0.136. The van der Waals surface area contributed by atoms with Crippen LogP contribution in [0.25, 0.3) is 0 Å². The van der Waals surface area contributed by atoms with Crippen LogP contribution in [0.5, 0.6) is 0 Å². The SMILES string of the molecule is CC(C)CC(C)OP(=S)(OC(C)CC(C)C)SCC(C)OP(=S)(OC(C)CSP(=S)(OC(C)CC(C)C)OC(C)CC(C)C)SCCC(=O)O. The van der Waals surface area contributed by atoms with E-state index >= 15 is 0 Å². The van der Waals surface area contributed by atoms with Crippen molar-refractivity contribution in [3.8, 4) is 0 Å². The van der Waals surface area contributed by atoms with E-state index in [-0.39, 0.29) is 48.8 Å². The van der Waals surface area contributed by atoms with Gasteiger partial charge in [-0.05, 0) is 126 Å². The number of carbonyl (C=O) groups is 1. The molecule has 0 saturated carbocycles. The van der Waals surface area contributed by atoms with Gasteiger partial charge >= 0.3 is 5.97 Å². The summed E-state index contributed by atoms with van der Waals surface area (Å²) in [5.74, 6) is 2.25. The van der Waals surface area contributed by atoms with E-state index in [2.05, 4.69) is 83.1 Å². The van der Waals surface area contributed by atoms with Crippen molar-refractivity contribution in [1.82, 2.24) is 0 Å². The monoisotopic (exact) mass is 878 g/mol. The lowest BCUT2D eigenvalue weighted by Gasteiger charge is -2.32. The van der Waals surface area contributed by atoms with E-state index in [1.165, 1.54) is 34.1 Å². The van der Waals surface area contributed by atoms with Gasteiger partial charge < -0.3 is 32.2 Å². The Bertz CT molecular complexity index is 986. The third-order valence-corrected chi connectivity index (χ3v) is 23.1. The summed E-state index contributed by atoms with van der Waals surface area (Å²) < 4.78 is 38.8. The average molecular weight is 879 g/mol. The second kappa shape index (κ2) is 26.2. The van der Waals surface area contributed by atoms with Gasteiger partial charge in [0, 0.05) is 17.3 Å². The number of hydrogen-bond donors (Lipinski definition) is 1. The zero-order chi connectivity index (χ0) is 38.9. The molecule has 0 saturated heterocycles. The van der Waals surface area contributed by atoms with Crippen LogP contribution < -0.4 is 0 Å². The number of hydrogen-bond acceptors (Lipinski definition) is 13. The molecule has 0 aliphatic rings. The van der Waals surface area contributed by atoms with Crippen molar-refractivity contribution in [3.05, 3.63) is 0 Å². The minimum Gasteiger partial charge on any atom is -0.481 e. The van der Waals surface area contributed by atoms with Crippen LogP contribution in [-0.2, 0) is 67.4 Å². The molecular weight excluding hydrogens is 810 g/mol. The largest absolute Gasteiger partial charge is 0.481 e. The minimum absolute atomic E-state index is 0.0383. The van der Waals surface area contributed by atoms with Gasteiger partial charge in [0.2, 0.25) is 17.1 Å².